The topological polar surface area (TPSA) is 43.4 Å². The molecule has 0 saturated heterocycles. The maximum absolute atomic E-state index is 11.6. The van der Waals surface area contributed by atoms with Crippen molar-refractivity contribution >= 4 is 114 Å². The van der Waals surface area contributed by atoms with Crippen molar-refractivity contribution in [3.05, 3.63) is 35.9 Å². The molecule has 1 aliphatic carbocycles. The number of ether oxygens (including phenoxy) is 1. The second-order valence-corrected chi connectivity index (χ2v) is 22.7. The van der Waals surface area contributed by atoms with Gasteiger partial charge in [0.15, 0.2) is 5.78 Å². The highest BCUT2D eigenvalue weighted by molar-refractivity contribution is 14.1. The molecule has 9 heteroatoms. The molecule has 48 heavy (non-hydrogen) atoms. The van der Waals surface area contributed by atoms with Gasteiger partial charge in [-0.15, -0.1) is 0 Å². The molecule has 2 rings (SSSR count). The van der Waals surface area contributed by atoms with E-state index in [0.717, 1.165) is 19.1 Å². The zero-order valence-corrected chi connectivity index (χ0v) is 42.2. The zero-order chi connectivity index (χ0) is 38.2. The molecule has 1 fully saturated rings. The standard InChI is InChI=1S/C10H11BrO.C7H15Br.C6H11BrO2.C6H13Br.C5H11Br.C5H9I/c1-10(2,11)9(12)8-6-4-3-5-7-8;1-3-5-7(8)6-4-2;1-4-9-5(8)6(2,3)7;1-3-5-6(7)4-2;1-3-4-5(2)6;6-5-3-1-2-4-5/h3-7H,1-2H3;7H,3-6H2,1-2H3;4H2,1-3H3;6H,3-5H2,1-2H3;5H,3-4H2,1-2H3;5H,1-4H2. The number of Topliss-reactive ketones (excluding diaryl/α,β-unsaturated/α-hetero) is 1. The highest BCUT2D eigenvalue weighted by Gasteiger charge is 2.25. The van der Waals surface area contributed by atoms with Gasteiger partial charge < -0.3 is 4.74 Å². The fourth-order valence-corrected chi connectivity index (χ4v) is 6.85. The summed E-state index contributed by atoms with van der Waals surface area (Å²) < 4.78 is 4.73. The first-order valence-electron chi connectivity index (χ1n) is 18.0. The molecule has 2 unspecified atom stereocenters. The third-order valence-corrected chi connectivity index (χ3v) is 11.0. The lowest BCUT2D eigenvalue weighted by molar-refractivity contribution is -0.144. The fraction of sp³-hybridized carbons (Fsp3) is 0.795. The lowest BCUT2D eigenvalue weighted by Gasteiger charge is -2.13. The molecular weight excluding hydrogens is 1040 g/mol. The third kappa shape index (κ3) is 41.9. The molecule has 286 valence electrons. The SMILES string of the molecule is CC(C)(Br)C(=O)c1ccccc1.CCCC(Br)CC.CCCC(Br)CCC.CCCC(C)Br.CCOC(=O)C(C)(C)Br.IC1CCCC1. The minimum Gasteiger partial charge on any atom is -0.465 e. The summed E-state index contributed by atoms with van der Waals surface area (Å²) in [5.74, 6) is -0.104. The van der Waals surface area contributed by atoms with Crippen molar-refractivity contribution in [1.82, 2.24) is 0 Å². The summed E-state index contributed by atoms with van der Waals surface area (Å²) in [6, 6.07) is 9.28. The van der Waals surface area contributed by atoms with E-state index in [1.54, 1.807) is 20.8 Å². The van der Waals surface area contributed by atoms with Gasteiger partial charge in [0, 0.05) is 24.0 Å². The van der Waals surface area contributed by atoms with Gasteiger partial charge in [-0.05, 0) is 79.6 Å². The number of hydrogen-bond acceptors (Lipinski definition) is 3. The van der Waals surface area contributed by atoms with Crippen molar-refractivity contribution < 1.29 is 14.3 Å². The zero-order valence-electron chi connectivity index (χ0n) is 32.1. The molecule has 0 radical (unpaired) electrons. The summed E-state index contributed by atoms with van der Waals surface area (Å²) in [4.78, 5) is 24.7. The average Bonchev–Trinajstić information content (AvgIpc) is 3.49. The molecule has 1 aliphatic rings. The Morgan fingerprint density at radius 1 is 0.750 bits per heavy atom. The molecule has 0 spiro atoms. The molecule has 0 heterocycles. The quantitative estimate of drug-likeness (QED) is 0.0856. The minimum absolute atomic E-state index is 0.114. The summed E-state index contributed by atoms with van der Waals surface area (Å²) >= 11 is 19.6. The largest absolute Gasteiger partial charge is 0.465 e. The van der Waals surface area contributed by atoms with Crippen molar-refractivity contribution in [3.63, 3.8) is 0 Å². The van der Waals surface area contributed by atoms with Crippen LogP contribution in [-0.4, -0.2) is 45.4 Å². The number of esters is 1. The number of ketones is 1. The number of halogens is 6. The molecule has 1 aromatic rings. The Morgan fingerprint density at radius 2 is 1.17 bits per heavy atom. The van der Waals surface area contributed by atoms with Crippen LogP contribution in [0.2, 0.25) is 0 Å². The molecule has 3 nitrogen and oxygen atoms in total. The molecule has 1 aromatic carbocycles. The predicted molar refractivity (Wildman–Crippen MR) is 243 cm³/mol. The highest BCUT2D eigenvalue weighted by atomic mass is 127. The molecule has 0 amide bonds. The van der Waals surface area contributed by atoms with Gasteiger partial charge in [0.05, 0.1) is 10.9 Å². The average molecular weight is 1110 g/mol. The highest BCUT2D eigenvalue weighted by Crippen LogP contribution is 2.24. The Balaban J connectivity index is -0.000000247. The van der Waals surface area contributed by atoms with Crippen LogP contribution in [0, 0.1) is 0 Å². The first-order chi connectivity index (χ1) is 22.3. The summed E-state index contributed by atoms with van der Waals surface area (Å²) in [6.07, 6.45) is 17.6. The minimum atomic E-state index is -0.539. The Bertz CT molecular complexity index is 830. The monoisotopic (exact) mass is 1110 g/mol. The van der Waals surface area contributed by atoms with Crippen molar-refractivity contribution in [2.24, 2.45) is 0 Å². The molecular formula is C39H70Br5IO3. The first kappa shape index (κ1) is 56.2. The molecule has 0 aromatic heterocycles. The second kappa shape index (κ2) is 36.8. The van der Waals surface area contributed by atoms with Crippen LogP contribution in [0.5, 0.6) is 0 Å². The number of hydrogen-bond donors (Lipinski definition) is 0. The number of benzene rings is 1. The van der Waals surface area contributed by atoms with Crippen LogP contribution >= 0.6 is 102 Å². The van der Waals surface area contributed by atoms with E-state index >= 15 is 0 Å². The van der Waals surface area contributed by atoms with E-state index in [2.05, 4.69) is 144 Å². The van der Waals surface area contributed by atoms with Gasteiger partial charge in [-0.1, -0.05) is 213 Å². The Kier molecular flexibility index (Phi) is 43.1. The van der Waals surface area contributed by atoms with Gasteiger partial charge in [-0.3, -0.25) is 9.59 Å². The van der Waals surface area contributed by atoms with Crippen molar-refractivity contribution in [1.29, 1.82) is 0 Å². The van der Waals surface area contributed by atoms with E-state index in [1.807, 2.05) is 44.2 Å². The predicted octanol–water partition coefficient (Wildman–Crippen LogP) is 16.0. The van der Waals surface area contributed by atoms with Gasteiger partial charge in [-0.25, -0.2) is 0 Å². The molecule has 1 saturated carbocycles. The number of rotatable bonds is 13. The molecule has 0 bridgehead atoms. The Labute approximate surface area is 354 Å². The molecule has 0 aliphatic heterocycles. The normalized spacial score (nSPS) is 13.7. The van der Waals surface area contributed by atoms with Crippen LogP contribution in [0.4, 0.5) is 0 Å². The van der Waals surface area contributed by atoms with Gasteiger partial charge in [0.2, 0.25) is 0 Å². The van der Waals surface area contributed by atoms with Crippen LogP contribution in [-0.2, 0) is 9.53 Å². The maximum Gasteiger partial charge on any atom is 0.322 e. The maximum atomic E-state index is 11.6. The van der Waals surface area contributed by atoms with E-state index in [-0.39, 0.29) is 11.8 Å². The number of carbonyl (C=O) groups excluding carboxylic acids is 2. The van der Waals surface area contributed by atoms with Crippen molar-refractivity contribution in [3.8, 4) is 0 Å². The van der Waals surface area contributed by atoms with Crippen molar-refractivity contribution in [2.75, 3.05) is 6.61 Å². The third-order valence-electron chi connectivity index (χ3n) is 6.56. The number of carbonyl (C=O) groups is 2. The Morgan fingerprint density at radius 3 is 1.38 bits per heavy atom. The summed E-state index contributed by atoms with van der Waals surface area (Å²) in [5.41, 5.74) is 0.749. The second-order valence-electron chi connectivity index (χ2n) is 12.8. The van der Waals surface area contributed by atoms with Gasteiger partial charge in [-0.2, -0.15) is 0 Å². The van der Waals surface area contributed by atoms with Gasteiger partial charge in [0.1, 0.15) is 4.32 Å². The van der Waals surface area contributed by atoms with E-state index in [0.29, 0.717) is 11.4 Å². The van der Waals surface area contributed by atoms with E-state index in [4.69, 9.17) is 4.74 Å². The summed E-state index contributed by atoms with van der Waals surface area (Å²) in [7, 11) is 0. The fourth-order valence-electron chi connectivity index (χ4n) is 3.80. The van der Waals surface area contributed by atoms with Crippen LogP contribution in [0.3, 0.4) is 0 Å². The van der Waals surface area contributed by atoms with Crippen LogP contribution in [0.15, 0.2) is 30.3 Å². The molecule has 2 atom stereocenters. The molecule has 0 N–H and O–H groups in total. The van der Waals surface area contributed by atoms with Crippen LogP contribution in [0.1, 0.15) is 170 Å². The van der Waals surface area contributed by atoms with Crippen molar-refractivity contribution in [2.45, 2.75) is 187 Å². The summed E-state index contributed by atoms with van der Waals surface area (Å²) in [5, 5.41) is 0. The Hall–Kier alpha value is 1.49. The number of alkyl halides is 6. The first-order valence-corrected chi connectivity index (χ1v) is 23.6. The smallest absolute Gasteiger partial charge is 0.322 e. The van der Waals surface area contributed by atoms with Crippen LogP contribution < -0.4 is 0 Å². The van der Waals surface area contributed by atoms with E-state index in [1.165, 1.54) is 83.5 Å². The van der Waals surface area contributed by atoms with Gasteiger partial charge in [0.25, 0.3) is 0 Å². The lowest BCUT2D eigenvalue weighted by Crippen LogP contribution is -2.26. The van der Waals surface area contributed by atoms with Crippen LogP contribution in [0.25, 0.3) is 0 Å². The van der Waals surface area contributed by atoms with E-state index in [9.17, 15) is 9.59 Å². The lowest BCUT2D eigenvalue weighted by atomic mass is 10.0. The van der Waals surface area contributed by atoms with E-state index < -0.39 is 8.65 Å². The van der Waals surface area contributed by atoms with Gasteiger partial charge >= 0.3 is 5.97 Å². The summed E-state index contributed by atoms with van der Waals surface area (Å²) in [6.45, 7) is 22.7.